The van der Waals surface area contributed by atoms with E-state index in [-0.39, 0.29) is 6.04 Å². The molecule has 0 saturated carbocycles. The van der Waals surface area contributed by atoms with Gasteiger partial charge in [-0.25, -0.2) is 4.98 Å². The van der Waals surface area contributed by atoms with Crippen molar-refractivity contribution in [2.45, 2.75) is 26.8 Å². The summed E-state index contributed by atoms with van der Waals surface area (Å²) in [5.74, 6) is 1.41. The highest BCUT2D eigenvalue weighted by Crippen LogP contribution is 2.10. The van der Waals surface area contributed by atoms with Crippen LogP contribution in [0.1, 0.15) is 18.3 Å². The second-order valence-electron chi connectivity index (χ2n) is 3.73. The molecule has 5 heteroatoms. The van der Waals surface area contributed by atoms with Crippen molar-refractivity contribution in [1.82, 2.24) is 9.97 Å². The Hall–Kier alpha value is -0.970. The van der Waals surface area contributed by atoms with Gasteiger partial charge in [-0.2, -0.15) is 0 Å². The van der Waals surface area contributed by atoms with Crippen LogP contribution >= 0.6 is 0 Å². The number of hydrogen-bond donors (Lipinski definition) is 1. The molecule has 2 unspecified atom stereocenters. The predicted octanol–water partition coefficient (Wildman–Crippen LogP) is 1.27. The van der Waals surface area contributed by atoms with Crippen molar-refractivity contribution >= 4 is 16.6 Å². The number of rotatable bonds is 4. The van der Waals surface area contributed by atoms with Gasteiger partial charge in [0.05, 0.1) is 11.4 Å². The first-order valence-corrected chi connectivity index (χ1v) is 6.58. The van der Waals surface area contributed by atoms with E-state index in [0.717, 1.165) is 17.2 Å². The van der Waals surface area contributed by atoms with E-state index in [9.17, 15) is 4.21 Å². The minimum absolute atomic E-state index is 0.144. The molecular formula is C10H17N3OS. The normalized spacial score (nSPS) is 14.7. The minimum atomic E-state index is -0.792. The molecule has 15 heavy (non-hydrogen) atoms. The quantitative estimate of drug-likeness (QED) is 0.841. The highest BCUT2D eigenvalue weighted by atomic mass is 32.2. The van der Waals surface area contributed by atoms with Crippen LogP contribution in [0, 0.1) is 13.8 Å². The van der Waals surface area contributed by atoms with Gasteiger partial charge in [0.25, 0.3) is 0 Å². The second kappa shape index (κ2) is 5.21. The molecule has 0 radical (unpaired) electrons. The van der Waals surface area contributed by atoms with Crippen molar-refractivity contribution in [3.8, 4) is 0 Å². The first kappa shape index (κ1) is 12.1. The van der Waals surface area contributed by atoms with E-state index in [4.69, 9.17) is 0 Å². The molecular weight excluding hydrogens is 210 g/mol. The molecule has 0 aliphatic rings. The molecule has 1 heterocycles. The second-order valence-corrected chi connectivity index (χ2v) is 5.21. The highest BCUT2D eigenvalue weighted by molar-refractivity contribution is 7.84. The number of hydrogen-bond acceptors (Lipinski definition) is 4. The van der Waals surface area contributed by atoms with Gasteiger partial charge in [0.2, 0.25) is 0 Å². The van der Waals surface area contributed by atoms with E-state index in [0.29, 0.717) is 5.75 Å². The third-order valence-electron chi connectivity index (χ3n) is 1.94. The van der Waals surface area contributed by atoms with Crippen LogP contribution in [0.3, 0.4) is 0 Å². The summed E-state index contributed by atoms with van der Waals surface area (Å²) in [5, 5.41) is 3.22. The van der Waals surface area contributed by atoms with Gasteiger partial charge in [0.15, 0.2) is 0 Å². The van der Waals surface area contributed by atoms with Gasteiger partial charge in [-0.3, -0.25) is 9.19 Å². The molecule has 1 rings (SSSR count). The molecule has 0 aromatic carbocycles. The fraction of sp³-hybridized carbons (Fsp3) is 0.600. The van der Waals surface area contributed by atoms with Crippen LogP contribution in [0.5, 0.6) is 0 Å². The number of aryl methyl sites for hydroxylation is 2. The van der Waals surface area contributed by atoms with Gasteiger partial charge in [-0.15, -0.1) is 0 Å². The van der Waals surface area contributed by atoms with Crippen LogP contribution in [-0.2, 0) is 10.8 Å². The molecule has 0 bridgehead atoms. The number of aromatic nitrogens is 2. The summed E-state index contributed by atoms with van der Waals surface area (Å²) >= 11 is 0. The average molecular weight is 227 g/mol. The molecule has 0 saturated heterocycles. The van der Waals surface area contributed by atoms with E-state index in [1.165, 1.54) is 0 Å². The predicted molar refractivity (Wildman–Crippen MR) is 63.5 cm³/mol. The molecule has 1 N–H and O–H groups in total. The largest absolute Gasteiger partial charge is 0.365 e. The topological polar surface area (TPSA) is 54.9 Å². The molecule has 0 spiro atoms. The molecule has 0 aliphatic heterocycles. The molecule has 0 aliphatic carbocycles. The summed E-state index contributed by atoms with van der Waals surface area (Å²) in [4.78, 5) is 8.56. The smallest absolute Gasteiger partial charge is 0.147 e. The third-order valence-corrected chi connectivity index (χ3v) is 2.91. The number of nitrogens with zero attached hydrogens (tertiary/aromatic N) is 2. The van der Waals surface area contributed by atoms with E-state index in [1.54, 1.807) is 12.5 Å². The van der Waals surface area contributed by atoms with E-state index >= 15 is 0 Å². The third kappa shape index (κ3) is 3.95. The number of nitrogens with one attached hydrogen (secondary N) is 1. The first-order valence-electron chi connectivity index (χ1n) is 4.86. The van der Waals surface area contributed by atoms with Gasteiger partial charge in [0, 0.05) is 35.0 Å². The van der Waals surface area contributed by atoms with Crippen molar-refractivity contribution in [1.29, 1.82) is 0 Å². The maximum Gasteiger partial charge on any atom is 0.147 e. The lowest BCUT2D eigenvalue weighted by Gasteiger charge is -2.14. The first-order chi connectivity index (χ1) is 6.99. The lowest BCUT2D eigenvalue weighted by molar-refractivity contribution is 0.682. The molecule has 0 fully saturated rings. The Morgan fingerprint density at radius 2 is 2.20 bits per heavy atom. The zero-order valence-electron chi connectivity index (χ0n) is 9.57. The molecule has 1 aromatic rings. The summed E-state index contributed by atoms with van der Waals surface area (Å²) in [6.45, 7) is 5.80. The Morgan fingerprint density at radius 1 is 1.53 bits per heavy atom. The van der Waals surface area contributed by atoms with Crippen LogP contribution in [0.15, 0.2) is 6.20 Å². The summed E-state index contributed by atoms with van der Waals surface area (Å²) in [6, 6.07) is 0.144. The van der Waals surface area contributed by atoms with Gasteiger partial charge in [0.1, 0.15) is 5.82 Å². The van der Waals surface area contributed by atoms with Crippen molar-refractivity contribution in [2.75, 3.05) is 17.3 Å². The van der Waals surface area contributed by atoms with E-state index in [1.807, 2.05) is 20.8 Å². The summed E-state index contributed by atoms with van der Waals surface area (Å²) in [7, 11) is -0.792. The zero-order chi connectivity index (χ0) is 11.4. The number of anilines is 1. The summed E-state index contributed by atoms with van der Waals surface area (Å²) < 4.78 is 11.0. The molecule has 4 nitrogen and oxygen atoms in total. The van der Waals surface area contributed by atoms with Crippen molar-refractivity contribution in [2.24, 2.45) is 0 Å². The molecule has 84 valence electrons. The van der Waals surface area contributed by atoms with Crippen molar-refractivity contribution in [3.63, 3.8) is 0 Å². The SMILES string of the molecule is Cc1cnc(C)c(NC(C)CS(C)=O)n1. The Balaban J connectivity index is 2.71. The van der Waals surface area contributed by atoms with Gasteiger partial charge < -0.3 is 5.32 Å². The summed E-state index contributed by atoms with van der Waals surface area (Å²) in [6.07, 6.45) is 3.44. The van der Waals surface area contributed by atoms with Crippen LogP contribution in [0.4, 0.5) is 5.82 Å². The van der Waals surface area contributed by atoms with Gasteiger partial charge in [-0.05, 0) is 20.8 Å². The van der Waals surface area contributed by atoms with Gasteiger partial charge >= 0.3 is 0 Å². The van der Waals surface area contributed by atoms with Crippen LogP contribution in [0.2, 0.25) is 0 Å². The Bertz CT molecular complexity index is 368. The van der Waals surface area contributed by atoms with Crippen LogP contribution in [-0.4, -0.2) is 32.2 Å². The molecule has 0 amide bonds. The van der Waals surface area contributed by atoms with Crippen LogP contribution < -0.4 is 5.32 Å². The highest BCUT2D eigenvalue weighted by Gasteiger charge is 2.07. The van der Waals surface area contributed by atoms with E-state index < -0.39 is 10.8 Å². The zero-order valence-corrected chi connectivity index (χ0v) is 10.4. The van der Waals surface area contributed by atoms with Crippen LogP contribution in [0.25, 0.3) is 0 Å². The lowest BCUT2D eigenvalue weighted by atomic mass is 10.3. The van der Waals surface area contributed by atoms with E-state index in [2.05, 4.69) is 15.3 Å². The molecule has 1 aromatic heterocycles. The monoisotopic (exact) mass is 227 g/mol. The standard InChI is InChI=1S/C10H17N3OS/c1-7-5-11-9(3)10(12-7)13-8(2)6-15(4)14/h5,8H,6H2,1-4H3,(H,12,13). The Morgan fingerprint density at radius 3 is 2.80 bits per heavy atom. The lowest BCUT2D eigenvalue weighted by Crippen LogP contribution is -2.23. The summed E-state index contributed by atoms with van der Waals surface area (Å²) in [5.41, 5.74) is 1.75. The fourth-order valence-corrected chi connectivity index (χ4v) is 2.09. The van der Waals surface area contributed by atoms with Crippen molar-refractivity contribution < 1.29 is 4.21 Å². The molecule has 2 atom stereocenters. The van der Waals surface area contributed by atoms with Gasteiger partial charge in [-0.1, -0.05) is 0 Å². The maximum absolute atomic E-state index is 11.0. The van der Waals surface area contributed by atoms with Crippen molar-refractivity contribution in [3.05, 3.63) is 17.6 Å². The Kier molecular flexibility index (Phi) is 4.20. The maximum atomic E-state index is 11.0. The fourth-order valence-electron chi connectivity index (χ4n) is 1.30. The Labute approximate surface area is 93.0 Å². The average Bonchev–Trinajstić information content (AvgIpc) is 2.10. The minimum Gasteiger partial charge on any atom is -0.365 e.